The molecule has 3 N–H and O–H groups in total. The number of ether oxygens (including phenoxy) is 1. The van der Waals surface area contributed by atoms with E-state index in [1.165, 1.54) is 0 Å². The van der Waals surface area contributed by atoms with Crippen molar-refractivity contribution in [2.75, 3.05) is 13.7 Å². The van der Waals surface area contributed by atoms with Gasteiger partial charge in [-0.25, -0.2) is 0 Å². The smallest absolute Gasteiger partial charge is 0.128 e. The second-order valence-corrected chi connectivity index (χ2v) is 5.19. The minimum atomic E-state index is -0.919. The van der Waals surface area contributed by atoms with Gasteiger partial charge >= 0.3 is 0 Å². The maximum Gasteiger partial charge on any atom is 0.128 e. The molecule has 0 bridgehead atoms. The summed E-state index contributed by atoms with van der Waals surface area (Å²) in [5.41, 5.74) is 7.60. The molecule has 0 amide bonds. The summed E-state index contributed by atoms with van der Waals surface area (Å²) in [6.07, 6.45) is 2.22. The Morgan fingerprint density at radius 1 is 1.44 bits per heavy atom. The molecule has 0 aliphatic carbocycles. The molecule has 4 nitrogen and oxygen atoms in total. The summed E-state index contributed by atoms with van der Waals surface area (Å²) < 4.78 is 5.37. The Labute approximate surface area is 109 Å². The minimum Gasteiger partial charge on any atom is -0.496 e. The van der Waals surface area contributed by atoms with Crippen LogP contribution < -0.4 is 10.5 Å². The first kappa shape index (κ1) is 14.9. The van der Waals surface area contributed by atoms with Crippen LogP contribution in [0.5, 0.6) is 5.75 Å². The number of hydrogen-bond donors (Lipinski definition) is 2. The van der Waals surface area contributed by atoms with E-state index in [-0.39, 0.29) is 12.5 Å². The van der Waals surface area contributed by atoms with Gasteiger partial charge in [0.05, 0.1) is 12.7 Å². The second-order valence-electron chi connectivity index (χ2n) is 5.19. The Morgan fingerprint density at radius 2 is 2.06 bits per heavy atom. The molecule has 0 fully saturated rings. The van der Waals surface area contributed by atoms with Gasteiger partial charge in [-0.3, -0.25) is 4.98 Å². The number of nitrogens with two attached hydrogens (primary N) is 1. The standard InChI is InChI=1S/C14H24N2O2/c1-9(2)14(17,8-15)6-12-11(4)13(18-5)10(3)7-16-12/h7,9,17H,6,8,15H2,1-5H3. The van der Waals surface area contributed by atoms with E-state index in [9.17, 15) is 5.11 Å². The van der Waals surface area contributed by atoms with Crippen LogP contribution in [0.25, 0.3) is 0 Å². The van der Waals surface area contributed by atoms with Gasteiger partial charge in [0.1, 0.15) is 5.75 Å². The molecule has 1 aromatic heterocycles. The topological polar surface area (TPSA) is 68.4 Å². The van der Waals surface area contributed by atoms with E-state index in [4.69, 9.17) is 10.5 Å². The third-order valence-electron chi connectivity index (χ3n) is 3.65. The van der Waals surface area contributed by atoms with Gasteiger partial charge in [-0.2, -0.15) is 0 Å². The molecule has 1 atom stereocenters. The van der Waals surface area contributed by atoms with Crippen molar-refractivity contribution >= 4 is 0 Å². The van der Waals surface area contributed by atoms with Gasteiger partial charge in [0.15, 0.2) is 0 Å². The largest absolute Gasteiger partial charge is 0.496 e. The van der Waals surface area contributed by atoms with E-state index >= 15 is 0 Å². The summed E-state index contributed by atoms with van der Waals surface area (Å²) in [7, 11) is 1.65. The van der Waals surface area contributed by atoms with Gasteiger partial charge in [0, 0.05) is 36.0 Å². The van der Waals surface area contributed by atoms with E-state index in [0.717, 1.165) is 22.6 Å². The van der Waals surface area contributed by atoms with E-state index in [1.54, 1.807) is 13.3 Å². The number of rotatable bonds is 5. The number of aliphatic hydroxyl groups is 1. The molecule has 102 valence electrons. The first-order chi connectivity index (χ1) is 8.35. The molecule has 18 heavy (non-hydrogen) atoms. The van der Waals surface area contributed by atoms with Crippen LogP contribution in [0.3, 0.4) is 0 Å². The first-order valence-electron chi connectivity index (χ1n) is 6.27. The van der Waals surface area contributed by atoms with Crippen molar-refractivity contribution in [2.24, 2.45) is 11.7 Å². The molecular weight excluding hydrogens is 228 g/mol. The summed E-state index contributed by atoms with van der Waals surface area (Å²) in [6.45, 7) is 8.08. The van der Waals surface area contributed by atoms with Gasteiger partial charge in [0.25, 0.3) is 0 Å². The Kier molecular flexibility index (Phi) is 4.71. The molecule has 0 spiro atoms. The molecule has 0 aliphatic heterocycles. The summed E-state index contributed by atoms with van der Waals surface area (Å²) in [5, 5.41) is 10.5. The van der Waals surface area contributed by atoms with Crippen LogP contribution in [-0.2, 0) is 6.42 Å². The number of hydrogen-bond acceptors (Lipinski definition) is 4. The molecule has 1 rings (SSSR count). The fraction of sp³-hybridized carbons (Fsp3) is 0.643. The number of methoxy groups -OCH3 is 1. The number of aryl methyl sites for hydroxylation is 1. The van der Waals surface area contributed by atoms with Crippen molar-refractivity contribution < 1.29 is 9.84 Å². The molecule has 0 aromatic carbocycles. The Morgan fingerprint density at radius 3 is 2.50 bits per heavy atom. The number of aromatic nitrogens is 1. The molecule has 0 radical (unpaired) electrons. The molecule has 1 unspecified atom stereocenters. The summed E-state index contributed by atoms with van der Waals surface area (Å²) >= 11 is 0. The van der Waals surface area contributed by atoms with Crippen molar-refractivity contribution in [3.8, 4) is 5.75 Å². The van der Waals surface area contributed by atoms with E-state index < -0.39 is 5.60 Å². The molecule has 4 heteroatoms. The Hall–Kier alpha value is -1.13. The van der Waals surface area contributed by atoms with Gasteiger partial charge in [0.2, 0.25) is 0 Å². The average molecular weight is 252 g/mol. The third-order valence-corrected chi connectivity index (χ3v) is 3.65. The first-order valence-corrected chi connectivity index (χ1v) is 6.27. The SMILES string of the molecule is COc1c(C)cnc(CC(O)(CN)C(C)C)c1C. The average Bonchev–Trinajstić information content (AvgIpc) is 2.33. The molecule has 0 saturated heterocycles. The molecule has 1 aromatic rings. The lowest BCUT2D eigenvalue weighted by Gasteiger charge is -2.31. The van der Waals surface area contributed by atoms with Gasteiger partial charge in [-0.1, -0.05) is 13.8 Å². The molecule has 1 heterocycles. The maximum atomic E-state index is 10.5. The monoisotopic (exact) mass is 252 g/mol. The van der Waals surface area contributed by atoms with Gasteiger partial charge in [-0.05, 0) is 19.8 Å². The maximum absolute atomic E-state index is 10.5. The van der Waals surface area contributed by atoms with Gasteiger partial charge < -0.3 is 15.6 Å². The second kappa shape index (κ2) is 5.67. The predicted octanol–water partition coefficient (Wildman–Crippen LogP) is 1.60. The van der Waals surface area contributed by atoms with Crippen LogP contribution in [-0.4, -0.2) is 29.3 Å². The summed E-state index contributed by atoms with van der Waals surface area (Å²) in [4.78, 5) is 4.41. The van der Waals surface area contributed by atoms with Gasteiger partial charge in [-0.15, -0.1) is 0 Å². The highest BCUT2D eigenvalue weighted by atomic mass is 16.5. The fourth-order valence-electron chi connectivity index (χ4n) is 2.05. The zero-order valence-corrected chi connectivity index (χ0v) is 11.9. The lowest BCUT2D eigenvalue weighted by Crippen LogP contribution is -2.45. The van der Waals surface area contributed by atoms with Crippen LogP contribution in [0, 0.1) is 19.8 Å². The van der Waals surface area contributed by atoms with Crippen LogP contribution in [0.4, 0.5) is 0 Å². The van der Waals surface area contributed by atoms with Crippen molar-refractivity contribution in [2.45, 2.75) is 39.7 Å². The van der Waals surface area contributed by atoms with E-state index in [1.807, 2.05) is 27.7 Å². The van der Waals surface area contributed by atoms with E-state index in [2.05, 4.69) is 4.98 Å². The molecular formula is C14H24N2O2. The Bertz CT molecular complexity index is 419. The predicted molar refractivity (Wildman–Crippen MR) is 72.8 cm³/mol. The van der Waals surface area contributed by atoms with Crippen LogP contribution >= 0.6 is 0 Å². The van der Waals surface area contributed by atoms with Crippen LogP contribution in [0.1, 0.15) is 30.7 Å². The lowest BCUT2D eigenvalue weighted by atomic mass is 9.85. The normalized spacial score (nSPS) is 14.7. The highest BCUT2D eigenvalue weighted by molar-refractivity contribution is 5.41. The highest BCUT2D eigenvalue weighted by Gasteiger charge is 2.31. The molecule has 0 saturated carbocycles. The van der Waals surface area contributed by atoms with Crippen LogP contribution in [0.2, 0.25) is 0 Å². The van der Waals surface area contributed by atoms with Crippen molar-refractivity contribution in [1.29, 1.82) is 0 Å². The zero-order valence-electron chi connectivity index (χ0n) is 11.9. The van der Waals surface area contributed by atoms with Crippen molar-refractivity contribution in [3.05, 3.63) is 23.0 Å². The summed E-state index contributed by atoms with van der Waals surface area (Å²) in [5.74, 6) is 0.916. The van der Waals surface area contributed by atoms with Crippen molar-refractivity contribution in [1.82, 2.24) is 4.98 Å². The fourth-order valence-corrected chi connectivity index (χ4v) is 2.05. The lowest BCUT2D eigenvalue weighted by molar-refractivity contribution is 0.00305. The van der Waals surface area contributed by atoms with Crippen molar-refractivity contribution in [3.63, 3.8) is 0 Å². The number of pyridine rings is 1. The Balaban J connectivity index is 3.12. The van der Waals surface area contributed by atoms with E-state index in [0.29, 0.717) is 6.42 Å². The van der Waals surface area contributed by atoms with Crippen LogP contribution in [0.15, 0.2) is 6.20 Å². The zero-order chi connectivity index (χ0) is 13.9. The highest BCUT2D eigenvalue weighted by Crippen LogP contribution is 2.28. The summed E-state index contributed by atoms with van der Waals surface area (Å²) in [6, 6.07) is 0. The quantitative estimate of drug-likeness (QED) is 0.835. The minimum absolute atomic E-state index is 0.0796. The molecule has 0 aliphatic rings. The number of nitrogens with zero attached hydrogens (tertiary/aromatic N) is 1. The third kappa shape index (κ3) is 2.82.